The fraction of sp³-hybridized carbons (Fsp3) is 0.385. The highest BCUT2D eigenvalue weighted by Crippen LogP contribution is 2.30. The number of anilines is 2. The van der Waals surface area contributed by atoms with Gasteiger partial charge in [-0.15, -0.1) is 10.2 Å². The van der Waals surface area contributed by atoms with Crippen LogP contribution in [0.3, 0.4) is 0 Å². The minimum atomic E-state index is -0.496. The quantitative estimate of drug-likeness (QED) is 0.827. The van der Waals surface area contributed by atoms with Crippen molar-refractivity contribution in [1.82, 2.24) is 20.0 Å². The Balaban J connectivity index is 2.12. The fourth-order valence-corrected chi connectivity index (χ4v) is 2.45. The van der Waals surface area contributed by atoms with E-state index in [1.165, 1.54) is 11.8 Å². The van der Waals surface area contributed by atoms with E-state index in [0.717, 1.165) is 25.9 Å². The predicted molar refractivity (Wildman–Crippen MR) is 76.4 cm³/mol. The van der Waals surface area contributed by atoms with Gasteiger partial charge in [-0.2, -0.15) is 9.78 Å². The van der Waals surface area contributed by atoms with Crippen LogP contribution in [-0.4, -0.2) is 46.1 Å². The van der Waals surface area contributed by atoms with E-state index >= 15 is 0 Å². The molecule has 2 N–H and O–H groups in total. The fourth-order valence-electron chi connectivity index (χ4n) is 2.45. The number of esters is 1. The summed E-state index contributed by atoms with van der Waals surface area (Å²) in [5.74, 6) is 0.724. The molecule has 1 aliphatic heterocycles. The van der Waals surface area contributed by atoms with Gasteiger partial charge in [0.25, 0.3) is 0 Å². The lowest BCUT2D eigenvalue weighted by Gasteiger charge is -2.15. The Morgan fingerprint density at radius 2 is 2.14 bits per heavy atom. The molecule has 110 valence electrons. The lowest BCUT2D eigenvalue weighted by Crippen LogP contribution is -2.21. The summed E-state index contributed by atoms with van der Waals surface area (Å²) in [7, 11) is 1.33. The average molecular weight is 288 g/mol. The standard InChI is InChI=1S/C13H16N6O2/c1-21-13(20)10-11(14)19(9-5-4-6-15-16-9)17-12(10)18-7-2-3-8-18/h4-6H,2-3,7-8,14H2,1H3. The van der Waals surface area contributed by atoms with E-state index in [9.17, 15) is 4.79 Å². The topological polar surface area (TPSA) is 99.2 Å². The van der Waals surface area contributed by atoms with Gasteiger partial charge in [0.2, 0.25) is 0 Å². The summed E-state index contributed by atoms with van der Waals surface area (Å²) in [6.07, 6.45) is 3.70. The maximum atomic E-state index is 12.0. The molecule has 1 fully saturated rings. The second kappa shape index (κ2) is 5.39. The van der Waals surface area contributed by atoms with Gasteiger partial charge in [0.1, 0.15) is 11.4 Å². The van der Waals surface area contributed by atoms with Gasteiger partial charge in [-0.3, -0.25) is 0 Å². The smallest absolute Gasteiger partial charge is 0.345 e. The van der Waals surface area contributed by atoms with Crippen molar-refractivity contribution in [3.8, 4) is 5.82 Å². The first-order valence-electron chi connectivity index (χ1n) is 6.72. The van der Waals surface area contributed by atoms with Crippen molar-refractivity contribution < 1.29 is 9.53 Å². The number of nitrogens with two attached hydrogens (primary N) is 1. The number of ether oxygens (including phenoxy) is 1. The molecule has 0 radical (unpaired) electrons. The molecule has 0 saturated carbocycles. The van der Waals surface area contributed by atoms with E-state index in [2.05, 4.69) is 15.3 Å². The maximum absolute atomic E-state index is 12.0. The zero-order chi connectivity index (χ0) is 14.8. The Morgan fingerprint density at radius 1 is 1.38 bits per heavy atom. The SMILES string of the molecule is COC(=O)c1c(N2CCCC2)nn(-c2cccnn2)c1N. The molecule has 1 saturated heterocycles. The lowest BCUT2D eigenvalue weighted by molar-refractivity contribution is 0.0602. The van der Waals surface area contributed by atoms with E-state index in [1.807, 2.05) is 4.90 Å². The first-order valence-corrected chi connectivity index (χ1v) is 6.72. The summed E-state index contributed by atoms with van der Waals surface area (Å²) in [6.45, 7) is 1.70. The van der Waals surface area contributed by atoms with Gasteiger partial charge in [0.05, 0.1) is 7.11 Å². The maximum Gasteiger partial charge on any atom is 0.345 e. The Hall–Kier alpha value is -2.64. The monoisotopic (exact) mass is 288 g/mol. The van der Waals surface area contributed by atoms with Crippen molar-refractivity contribution in [3.05, 3.63) is 23.9 Å². The van der Waals surface area contributed by atoms with Crippen LogP contribution in [0.4, 0.5) is 11.6 Å². The summed E-state index contributed by atoms with van der Waals surface area (Å²) < 4.78 is 6.26. The van der Waals surface area contributed by atoms with Gasteiger partial charge in [-0.1, -0.05) is 0 Å². The predicted octanol–water partition coefficient (Wildman–Crippen LogP) is 0.631. The number of nitrogen functional groups attached to an aromatic ring is 1. The summed E-state index contributed by atoms with van der Waals surface area (Å²) >= 11 is 0. The van der Waals surface area contributed by atoms with E-state index in [-0.39, 0.29) is 11.4 Å². The van der Waals surface area contributed by atoms with Gasteiger partial charge in [-0.05, 0) is 25.0 Å². The molecule has 2 aromatic rings. The van der Waals surface area contributed by atoms with Crippen molar-refractivity contribution in [1.29, 1.82) is 0 Å². The molecule has 3 rings (SSSR count). The highest BCUT2D eigenvalue weighted by molar-refractivity contribution is 6.00. The summed E-state index contributed by atoms with van der Waals surface area (Å²) in [4.78, 5) is 14.1. The van der Waals surface area contributed by atoms with Crippen molar-refractivity contribution in [3.63, 3.8) is 0 Å². The number of carbonyl (C=O) groups is 1. The third-order valence-corrected chi connectivity index (χ3v) is 3.47. The van der Waals surface area contributed by atoms with E-state index in [1.54, 1.807) is 18.3 Å². The van der Waals surface area contributed by atoms with E-state index in [0.29, 0.717) is 11.6 Å². The van der Waals surface area contributed by atoms with Crippen molar-refractivity contribution >= 4 is 17.6 Å². The van der Waals surface area contributed by atoms with Crippen molar-refractivity contribution in [2.24, 2.45) is 0 Å². The van der Waals surface area contributed by atoms with Crippen LogP contribution in [0.15, 0.2) is 18.3 Å². The van der Waals surface area contributed by atoms with Gasteiger partial charge in [0.15, 0.2) is 11.6 Å². The molecule has 8 nitrogen and oxygen atoms in total. The molecular weight excluding hydrogens is 272 g/mol. The van der Waals surface area contributed by atoms with Gasteiger partial charge >= 0.3 is 5.97 Å². The van der Waals surface area contributed by atoms with Crippen LogP contribution in [0.5, 0.6) is 0 Å². The summed E-state index contributed by atoms with van der Waals surface area (Å²) in [5.41, 5.74) is 6.37. The molecule has 0 unspecified atom stereocenters. The van der Waals surface area contributed by atoms with E-state index < -0.39 is 5.97 Å². The molecule has 2 aromatic heterocycles. The third kappa shape index (κ3) is 2.28. The zero-order valence-corrected chi connectivity index (χ0v) is 11.7. The summed E-state index contributed by atoms with van der Waals surface area (Å²) in [5, 5.41) is 12.2. The molecule has 8 heteroatoms. The number of carbonyl (C=O) groups excluding carboxylic acids is 1. The largest absolute Gasteiger partial charge is 0.465 e. The second-order valence-electron chi connectivity index (χ2n) is 4.76. The van der Waals surface area contributed by atoms with Crippen LogP contribution in [0.2, 0.25) is 0 Å². The molecule has 0 aliphatic carbocycles. The summed E-state index contributed by atoms with van der Waals surface area (Å²) in [6, 6.07) is 3.46. The number of rotatable bonds is 3. The highest BCUT2D eigenvalue weighted by atomic mass is 16.5. The van der Waals surface area contributed by atoms with Crippen LogP contribution in [0, 0.1) is 0 Å². The molecule has 0 amide bonds. The first-order chi connectivity index (χ1) is 10.2. The number of hydrogen-bond acceptors (Lipinski definition) is 7. The number of hydrogen-bond donors (Lipinski definition) is 1. The van der Waals surface area contributed by atoms with Crippen LogP contribution in [0.1, 0.15) is 23.2 Å². The highest BCUT2D eigenvalue weighted by Gasteiger charge is 2.29. The first kappa shape index (κ1) is 13.3. The number of nitrogens with zero attached hydrogens (tertiary/aromatic N) is 5. The molecule has 0 aromatic carbocycles. The molecule has 1 aliphatic rings. The number of aromatic nitrogens is 4. The second-order valence-corrected chi connectivity index (χ2v) is 4.76. The van der Waals surface area contributed by atoms with Crippen LogP contribution in [-0.2, 0) is 4.74 Å². The van der Waals surface area contributed by atoms with Gasteiger partial charge < -0.3 is 15.4 Å². The Kier molecular flexibility index (Phi) is 3.43. The van der Waals surface area contributed by atoms with Crippen molar-refractivity contribution in [2.45, 2.75) is 12.8 Å². The average Bonchev–Trinajstić information content (AvgIpc) is 3.15. The molecule has 0 spiro atoms. The minimum Gasteiger partial charge on any atom is -0.465 e. The molecule has 0 bridgehead atoms. The molecular formula is C13H16N6O2. The minimum absolute atomic E-state index is 0.212. The van der Waals surface area contributed by atoms with Gasteiger partial charge in [-0.25, -0.2) is 4.79 Å². The Labute approximate surface area is 121 Å². The number of methoxy groups -OCH3 is 1. The van der Waals surface area contributed by atoms with Crippen LogP contribution < -0.4 is 10.6 Å². The molecule has 21 heavy (non-hydrogen) atoms. The Morgan fingerprint density at radius 3 is 2.76 bits per heavy atom. The van der Waals surface area contributed by atoms with Gasteiger partial charge in [0, 0.05) is 19.3 Å². The third-order valence-electron chi connectivity index (χ3n) is 3.47. The normalized spacial score (nSPS) is 14.4. The van der Waals surface area contributed by atoms with Crippen LogP contribution >= 0.6 is 0 Å². The van der Waals surface area contributed by atoms with Crippen molar-refractivity contribution in [2.75, 3.05) is 30.8 Å². The molecule has 3 heterocycles. The zero-order valence-electron chi connectivity index (χ0n) is 11.7. The molecule has 0 atom stereocenters. The van der Waals surface area contributed by atoms with Crippen LogP contribution in [0.25, 0.3) is 5.82 Å². The lowest BCUT2D eigenvalue weighted by atomic mass is 10.3. The van der Waals surface area contributed by atoms with E-state index in [4.69, 9.17) is 10.5 Å². The Bertz CT molecular complexity index is 648.